The Balaban J connectivity index is 1.04. The first-order valence-corrected chi connectivity index (χ1v) is 20.3. The number of aromatic nitrogens is 2. The number of rotatable bonds is 5. The van der Waals surface area contributed by atoms with E-state index in [9.17, 15) is 0 Å². The van der Waals surface area contributed by atoms with Crippen LogP contribution in [-0.4, -0.2) is 9.13 Å². The predicted octanol–water partition coefficient (Wildman–Crippen LogP) is 15.2. The van der Waals surface area contributed by atoms with Gasteiger partial charge in [0.1, 0.15) is 0 Å². The van der Waals surface area contributed by atoms with Crippen molar-refractivity contribution in [1.29, 1.82) is 0 Å². The van der Waals surface area contributed by atoms with Gasteiger partial charge in [-0.05, 0) is 106 Å². The molecular weight excluding hydrogens is 709 g/mol. The van der Waals surface area contributed by atoms with Crippen LogP contribution in [0.15, 0.2) is 206 Å². The Kier molecular flexibility index (Phi) is 7.13. The van der Waals surface area contributed by atoms with Crippen LogP contribution in [0.3, 0.4) is 0 Å². The predicted molar refractivity (Wildman–Crippen MR) is 244 cm³/mol. The summed E-state index contributed by atoms with van der Waals surface area (Å²) in [6.45, 7) is 0. The fourth-order valence-electron chi connectivity index (χ4n) is 9.01. The molecule has 0 fully saturated rings. The number of benzene rings is 9. The third-order valence-electron chi connectivity index (χ3n) is 11.7. The molecule has 0 aliphatic rings. The van der Waals surface area contributed by atoms with E-state index in [4.69, 9.17) is 0 Å². The van der Waals surface area contributed by atoms with E-state index >= 15 is 0 Å². The largest absolute Gasteiger partial charge is 0.309 e. The number of hydrogen-bond acceptors (Lipinski definition) is 1. The maximum Gasteiger partial charge on any atom is 0.0548 e. The molecule has 9 aromatic carbocycles. The molecule has 0 radical (unpaired) electrons. The lowest BCUT2D eigenvalue weighted by Gasteiger charge is -2.11. The quantitative estimate of drug-likeness (QED) is 0.166. The molecule has 0 atom stereocenters. The van der Waals surface area contributed by atoms with Crippen LogP contribution in [0.4, 0.5) is 0 Å². The molecule has 0 saturated carbocycles. The van der Waals surface area contributed by atoms with Gasteiger partial charge in [0, 0.05) is 53.1 Å². The number of hydrogen-bond donors (Lipinski definition) is 0. The average molecular weight is 743 g/mol. The molecule has 3 heteroatoms. The minimum absolute atomic E-state index is 1.16. The maximum atomic E-state index is 2.45. The van der Waals surface area contributed by atoms with Crippen LogP contribution in [0.5, 0.6) is 0 Å². The molecule has 3 aromatic heterocycles. The lowest BCUT2D eigenvalue weighted by Crippen LogP contribution is -1.94. The molecule has 0 spiro atoms. The normalized spacial score (nSPS) is 11.9. The zero-order valence-corrected chi connectivity index (χ0v) is 31.7. The maximum absolute atomic E-state index is 2.45. The van der Waals surface area contributed by atoms with Crippen LogP contribution in [-0.2, 0) is 0 Å². The Morgan fingerprint density at radius 2 is 0.754 bits per heavy atom. The molecule has 0 unspecified atom stereocenters. The van der Waals surface area contributed by atoms with Crippen LogP contribution < -0.4 is 0 Å². The number of thiophene rings is 1. The van der Waals surface area contributed by atoms with E-state index in [1.807, 2.05) is 11.3 Å². The van der Waals surface area contributed by atoms with Crippen molar-refractivity contribution in [2.75, 3.05) is 0 Å². The van der Waals surface area contributed by atoms with E-state index in [2.05, 4.69) is 215 Å². The summed E-state index contributed by atoms with van der Waals surface area (Å²) < 4.78 is 7.51. The second-order valence-corrected chi connectivity index (χ2v) is 16.0. The Bertz CT molecular complexity index is 3490. The van der Waals surface area contributed by atoms with Crippen molar-refractivity contribution in [2.24, 2.45) is 0 Å². The minimum Gasteiger partial charge on any atom is -0.309 e. The van der Waals surface area contributed by atoms with E-state index in [1.165, 1.54) is 97.2 Å². The summed E-state index contributed by atoms with van der Waals surface area (Å²) in [5, 5.41) is 7.66. The molecule has 3 heterocycles. The summed E-state index contributed by atoms with van der Waals surface area (Å²) in [7, 11) is 0. The molecule has 0 aliphatic heterocycles. The summed E-state index contributed by atoms with van der Waals surface area (Å²) in [6, 6.07) is 75.7. The second kappa shape index (κ2) is 12.7. The first kappa shape index (κ1) is 32.1. The number of fused-ring (bicyclic) bond motifs is 9. The van der Waals surface area contributed by atoms with Crippen molar-refractivity contribution in [1.82, 2.24) is 9.13 Å². The topological polar surface area (TPSA) is 9.86 Å². The van der Waals surface area contributed by atoms with Crippen LogP contribution >= 0.6 is 11.3 Å². The monoisotopic (exact) mass is 742 g/mol. The third-order valence-corrected chi connectivity index (χ3v) is 12.8. The van der Waals surface area contributed by atoms with E-state index in [0.29, 0.717) is 0 Å². The van der Waals surface area contributed by atoms with Gasteiger partial charge >= 0.3 is 0 Å². The molecule has 0 aliphatic carbocycles. The average Bonchev–Trinajstić information content (AvgIpc) is 3.93. The van der Waals surface area contributed by atoms with Crippen LogP contribution in [0.25, 0.3) is 109 Å². The molecule has 12 aromatic rings. The van der Waals surface area contributed by atoms with Gasteiger partial charge in [-0.1, -0.05) is 133 Å². The highest BCUT2D eigenvalue weighted by Gasteiger charge is 2.18. The smallest absolute Gasteiger partial charge is 0.0548 e. The van der Waals surface area contributed by atoms with Crippen molar-refractivity contribution in [3.05, 3.63) is 206 Å². The van der Waals surface area contributed by atoms with Gasteiger partial charge < -0.3 is 9.13 Å². The van der Waals surface area contributed by atoms with Gasteiger partial charge in [-0.2, -0.15) is 0 Å². The molecule has 0 N–H and O–H groups in total. The Morgan fingerprint density at radius 3 is 1.49 bits per heavy atom. The molecule has 0 bridgehead atoms. The highest BCUT2D eigenvalue weighted by atomic mass is 32.1. The van der Waals surface area contributed by atoms with E-state index in [-0.39, 0.29) is 0 Å². The van der Waals surface area contributed by atoms with Gasteiger partial charge in [-0.3, -0.25) is 0 Å². The molecular formula is C54H34N2S. The summed E-state index contributed by atoms with van der Waals surface area (Å²) in [5.74, 6) is 0. The van der Waals surface area contributed by atoms with E-state index in [0.717, 1.165) is 11.4 Å². The lowest BCUT2D eigenvalue weighted by atomic mass is 10.0. The minimum atomic E-state index is 1.16. The van der Waals surface area contributed by atoms with Crippen LogP contribution in [0.1, 0.15) is 0 Å². The van der Waals surface area contributed by atoms with E-state index < -0.39 is 0 Å². The highest BCUT2D eigenvalue weighted by molar-refractivity contribution is 7.25. The zero-order valence-electron chi connectivity index (χ0n) is 30.9. The summed E-state index contributed by atoms with van der Waals surface area (Å²) in [6.07, 6.45) is 0. The van der Waals surface area contributed by atoms with E-state index in [1.54, 1.807) is 0 Å². The Morgan fingerprint density at radius 1 is 0.246 bits per heavy atom. The summed E-state index contributed by atoms with van der Waals surface area (Å²) in [4.78, 5) is 0. The molecule has 0 saturated heterocycles. The van der Waals surface area contributed by atoms with Crippen LogP contribution in [0, 0.1) is 0 Å². The van der Waals surface area contributed by atoms with Crippen molar-refractivity contribution in [3.63, 3.8) is 0 Å². The highest BCUT2D eigenvalue weighted by Crippen LogP contribution is 2.43. The SMILES string of the molecule is c1ccc(-c2ccc(-n3c4ccc(-c5ccc6c(c5)c5ccccc5n6-c5cccc(-c6ccccc6)c5)cc4c4cc5sc6ccccc6c5cc43)cc2)cc1. The van der Waals surface area contributed by atoms with Crippen molar-refractivity contribution in [3.8, 4) is 44.8 Å². The van der Waals surface area contributed by atoms with Gasteiger partial charge in [0.05, 0.1) is 22.1 Å². The standard InChI is InChI=1S/C54H34N2S/c1-3-12-35(13-4-1)37-22-26-41(27-23-37)55-51-29-25-40(32-46(51)47-34-54-48(33-52(47)55)44-19-8-10-21-53(44)57-54)39-24-28-50-45(31-39)43-18-7-9-20-49(43)56(50)42-17-11-16-38(30-42)36-14-5-2-6-15-36/h1-34H. The summed E-state index contributed by atoms with van der Waals surface area (Å²) >= 11 is 1.88. The van der Waals surface area contributed by atoms with Crippen molar-refractivity contribution < 1.29 is 0 Å². The fraction of sp³-hybridized carbons (Fsp3) is 0. The molecule has 57 heavy (non-hydrogen) atoms. The summed E-state index contributed by atoms with van der Waals surface area (Å²) in [5.41, 5.74) is 14.5. The second-order valence-electron chi connectivity index (χ2n) is 14.9. The Labute approximate surface area is 333 Å². The molecule has 0 amide bonds. The molecule has 2 nitrogen and oxygen atoms in total. The number of para-hydroxylation sites is 1. The fourth-order valence-corrected chi connectivity index (χ4v) is 10.1. The van der Waals surface area contributed by atoms with Crippen molar-refractivity contribution in [2.45, 2.75) is 0 Å². The first-order chi connectivity index (χ1) is 28.2. The lowest BCUT2D eigenvalue weighted by molar-refractivity contribution is 1.18. The van der Waals surface area contributed by atoms with Gasteiger partial charge in [0.2, 0.25) is 0 Å². The van der Waals surface area contributed by atoms with Gasteiger partial charge in [-0.15, -0.1) is 11.3 Å². The Hall–Kier alpha value is -7.20. The first-order valence-electron chi connectivity index (χ1n) is 19.5. The zero-order chi connectivity index (χ0) is 37.5. The third kappa shape index (κ3) is 5.10. The van der Waals surface area contributed by atoms with Crippen molar-refractivity contribution >= 4 is 75.1 Å². The van der Waals surface area contributed by atoms with Crippen LogP contribution in [0.2, 0.25) is 0 Å². The van der Waals surface area contributed by atoms with Gasteiger partial charge in [0.15, 0.2) is 0 Å². The van der Waals surface area contributed by atoms with Gasteiger partial charge in [-0.25, -0.2) is 0 Å². The molecule has 12 rings (SSSR count). The molecule has 266 valence electrons. The van der Waals surface area contributed by atoms with Gasteiger partial charge in [0.25, 0.3) is 0 Å². The number of nitrogens with zero attached hydrogens (tertiary/aromatic N) is 2.